The number of pyridine rings is 2. The van der Waals surface area contributed by atoms with E-state index in [4.69, 9.17) is 0 Å². The molecule has 0 aliphatic heterocycles. The lowest BCUT2D eigenvalue weighted by molar-refractivity contribution is 0.0737. The first kappa shape index (κ1) is 17.9. The molecule has 5 nitrogen and oxygen atoms in total. The van der Waals surface area contributed by atoms with Crippen molar-refractivity contribution in [3.05, 3.63) is 102 Å². The molecule has 0 bridgehead atoms. The largest absolute Gasteiger partial charge is 0.333 e. The number of nitrogens with zero attached hydrogens (tertiary/aromatic N) is 4. The van der Waals surface area contributed by atoms with Crippen LogP contribution in [0.3, 0.4) is 0 Å². The number of amides is 1. The number of carbonyl (C=O) groups is 1. The first-order valence-electron chi connectivity index (χ1n) is 9.39. The maximum absolute atomic E-state index is 13.5. The summed E-state index contributed by atoms with van der Waals surface area (Å²) in [5.74, 6) is -0.0176. The van der Waals surface area contributed by atoms with E-state index in [0.717, 1.165) is 22.6 Å². The number of hydrogen-bond acceptors (Lipinski definition) is 3. The lowest BCUT2D eigenvalue weighted by Crippen LogP contribution is -2.33. The van der Waals surface area contributed by atoms with Crippen LogP contribution in [0.15, 0.2) is 79.1 Å². The van der Waals surface area contributed by atoms with Crippen LogP contribution in [0, 0.1) is 6.92 Å². The molecule has 4 aromatic rings. The zero-order valence-electron chi connectivity index (χ0n) is 15.8. The van der Waals surface area contributed by atoms with Crippen LogP contribution in [-0.4, -0.2) is 31.7 Å². The monoisotopic (exact) mass is 370 g/mol. The minimum Gasteiger partial charge on any atom is -0.333 e. The predicted octanol–water partition coefficient (Wildman–Crippen LogP) is 3.92. The van der Waals surface area contributed by atoms with Gasteiger partial charge < -0.3 is 4.90 Å². The molecular formula is C23H22N4O. The zero-order chi connectivity index (χ0) is 19.3. The fraction of sp³-hybridized carbons (Fsp3) is 0.174. The van der Waals surface area contributed by atoms with Gasteiger partial charge in [-0.3, -0.25) is 14.2 Å². The highest BCUT2D eigenvalue weighted by molar-refractivity contribution is 5.94. The Hall–Kier alpha value is -3.47. The Labute approximate surface area is 164 Å². The zero-order valence-corrected chi connectivity index (χ0v) is 15.8. The van der Waals surface area contributed by atoms with Crippen molar-refractivity contribution in [1.82, 2.24) is 19.3 Å². The second-order valence-corrected chi connectivity index (χ2v) is 6.76. The molecule has 0 N–H and O–H groups in total. The molecule has 0 saturated carbocycles. The van der Waals surface area contributed by atoms with E-state index >= 15 is 0 Å². The molecule has 0 atom stereocenters. The average molecular weight is 370 g/mol. The number of aromatic nitrogens is 3. The standard InChI is InChI=1S/C23H22N4O/c1-18-22(27-15-8-6-12-21(27)25-18)23(28)26(17-19-9-3-2-4-10-19)16-13-20-11-5-7-14-24-20/h2-12,14-15H,13,16-17H2,1H3. The Balaban J connectivity index is 1.65. The molecular weight excluding hydrogens is 348 g/mol. The Kier molecular flexibility index (Phi) is 5.15. The summed E-state index contributed by atoms with van der Waals surface area (Å²) >= 11 is 0. The van der Waals surface area contributed by atoms with Crippen molar-refractivity contribution >= 4 is 11.6 Å². The van der Waals surface area contributed by atoms with Crippen LogP contribution in [0.4, 0.5) is 0 Å². The van der Waals surface area contributed by atoms with Crippen molar-refractivity contribution in [1.29, 1.82) is 0 Å². The molecule has 0 spiro atoms. The summed E-state index contributed by atoms with van der Waals surface area (Å²) in [6.45, 7) is 3.02. The van der Waals surface area contributed by atoms with E-state index in [2.05, 4.69) is 9.97 Å². The van der Waals surface area contributed by atoms with Crippen molar-refractivity contribution in [2.45, 2.75) is 19.9 Å². The van der Waals surface area contributed by atoms with Gasteiger partial charge >= 0.3 is 0 Å². The maximum atomic E-state index is 13.5. The molecule has 5 heteroatoms. The van der Waals surface area contributed by atoms with Gasteiger partial charge in [0.1, 0.15) is 11.3 Å². The smallest absolute Gasteiger partial charge is 0.273 e. The molecule has 3 aromatic heterocycles. The summed E-state index contributed by atoms with van der Waals surface area (Å²) in [5.41, 5.74) is 4.22. The molecule has 0 aliphatic carbocycles. The third-order valence-electron chi connectivity index (χ3n) is 4.77. The summed E-state index contributed by atoms with van der Waals surface area (Å²) in [7, 11) is 0. The van der Waals surface area contributed by atoms with Crippen LogP contribution in [-0.2, 0) is 13.0 Å². The van der Waals surface area contributed by atoms with Gasteiger partial charge in [0.15, 0.2) is 0 Å². The summed E-state index contributed by atoms with van der Waals surface area (Å²) in [6.07, 6.45) is 4.38. The van der Waals surface area contributed by atoms with Crippen LogP contribution >= 0.6 is 0 Å². The van der Waals surface area contributed by atoms with Gasteiger partial charge in [-0.25, -0.2) is 4.98 Å². The Morgan fingerprint density at radius 1 is 1.00 bits per heavy atom. The van der Waals surface area contributed by atoms with Gasteiger partial charge in [-0.1, -0.05) is 42.5 Å². The second kappa shape index (κ2) is 8.05. The van der Waals surface area contributed by atoms with Crippen molar-refractivity contribution in [3.8, 4) is 0 Å². The van der Waals surface area contributed by atoms with E-state index in [1.165, 1.54) is 0 Å². The van der Waals surface area contributed by atoms with Crippen LogP contribution in [0.1, 0.15) is 27.4 Å². The van der Waals surface area contributed by atoms with Crippen LogP contribution in [0.2, 0.25) is 0 Å². The number of carbonyl (C=O) groups excluding carboxylic acids is 1. The number of hydrogen-bond donors (Lipinski definition) is 0. The third-order valence-corrected chi connectivity index (χ3v) is 4.77. The van der Waals surface area contributed by atoms with Gasteiger partial charge in [-0.2, -0.15) is 0 Å². The van der Waals surface area contributed by atoms with E-state index in [1.807, 2.05) is 89.2 Å². The van der Waals surface area contributed by atoms with E-state index in [1.54, 1.807) is 6.20 Å². The Morgan fingerprint density at radius 2 is 1.79 bits per heavy atom. The molecule has 0 saturated heterocycles. The van der Waals surface area contributed by atoms with E-state index < -0.39 is 0 Å². The van der Waals surface area contributed by atoms with Crippen molar-refractivity contribution < 1.29 is 4.79 Å². The highest BCUT2D eigenvalue weighted by Gasteiger charge is 2.22. The lowest BCUT2D eigenvalue weighted by atomic mass is 10.1. The molecule has 28 heavy (non-hydrogen) atoms. The molecule has 0 unspecified atom stereocenters. The molecule has 0 fully saturated rings. The summed E-state index contributed by atoms with van der Waals surface area (Å²) in [5, 5.41) is 0. The van der Waals surface area contributed by atoms with Crippen molar-refractivity contribution in [3.63, 3.8) is 0 Å². The van der Waals surface area contributed by atoms with Gasteiger partial charge in [0.25, 0.3) is 5.91 Å². The maximum Gasteiger partial charge on any atom is 0.273 e. The van der Waals surface area contributed by atoms with Crippen molar-refractivity contribution in [2.24, 2.45) is 0 Å². The number of rotatable bonds is 6. The van der Waals surface area contributed by atoms with Crippen LogP contribution in [0.5, 0.6) is 0 Å². The van der Waals surface area contributed by atoms with Crippen LogP contribution < -0.4 is 0 Å². The van der Waals surface area contributed by atoms with E-state index in [9.17, 15) is 4.79 Å². The third kappa shape index (κ3) is 3.78. The SMILES string of the molecule is Cc1nc2ccccn2c1C(=O)N(CCc1ccccn1)Cc1ccccc1. The predicted molar refractivity (Wildman–Crippen MR) is 109 cm³/mol. The average Bonchev–Trinajstić information content (AvgIpc) is 3.07. The molecule has 0 radical (unpaired) electrons. The Morgan fingerprint density at radius 3 is 2.57 bits per heavy atom. The van der Waals surface area contributed by atoms with Gasteiger partial charge in [0, 0.05) is 37.6 Å². The van der Waals surface area contributed by atoms with E-state index in [0.29, 0.717) is 25.2 Å². The highest BCUT2D eigenvalue weighted by atomic mass is 16.2. The fourth-order valence-corrected chi connectivity index (χ4v) is 3.37. The first-order chi connectivity index (χ1) is 13.7. The molecule has 1 aromatic carbocycles. The normalized spacial score (nSPS) is 10.9. The fourth-order valence-electron chi connectivity index (χ4n) is 3.37. The molecule has 0 aliphatic rings. The number of aryl methyl sites for hydroxylation is 1. The molecule has 4 rings (SSSR count). The first-order valence-corrected chi connectivity index (χ1v) is 9.39. The number of imidazole rings is 1. The summed E-state index contributed by atoms with van der Waals surface area (Å²) in [4.78, 5) is 24.3. The minimum absolute atomic E-state index is 0.0176. The number of benzene rings is 1. The van der Waals surface area contributed by atoms with Gasteiger partial charge in [0.05, 0.1) is 5.69 Å². The Bertz CT molecular complexity index is 1070. The van der Waals surface area contributed by atoms with Gasteiger partial charge in [-0.05, 0) is 36.8 Å². The second-order valence-electron chi connectivity index (χ2n) is 6.76. The quantitative estimate of drug-likeness (QED) is 0.517. The minimum atomic E-state index is -0.0176. The van der Waals surface area contributed by atoms with Gasteiger partial charge in [0.2, 0.25) is 0 Å². The summed E-state index contributed by atoms with van der Waals surface area (Å²) in [6, 6.07) is 21.7. The topological polar surface area (TPSA) is 50.5 Å². The lowest BCUT2D eigenvalue weighted by Gasteiger charge is -2.23. The van der Waals surface area contributed by atoms with Crippen LogP contribution in [0.25, 0.3) is 5.65 Å². The van der Waals surface area contributed by atoms with E-state index in [-0.39, 0.29) is 5.91 Å². The number of fused-ring (bicyclic) bond motifs is 1. The molecule has 140 valence electrons. The highest BCUT2D eigenvalue weighted by Crippen LogP contribution is 2.17. The molecule has 3 heterocycles. The summed E-state index contributed by atoms with van der Waals surface area (Å²) < 4.78 is 1.87. The molecule has 1 amide bonds. The van der Waals surface area contributed by atoms with Crippen molar-refractivity contribution in [2.75, 3.05) is 6.54 Å². The van der Waals surface area contributed by atoms with Gasteiger partial charge in [-0.15, -0.1) is 0 Å².